The molecule has 2 aromatic rings. The maximum atomic E-state index is 11.1. The summed E-state index contributed by atoms with van der Waals surface area (Å²) in [5, 5.41) is 21.3. The fourth-order valence-electron chi connectivity index (χ4n) is 2.60. The summed E-state index contributed by atoms with van der Waals surface area (Å²) in [5.74, 6) is 0. The zero-order valence-corrected chi connectivity index (χ0v) is 11.6. The molecule has 0 aromatic heterocycles. The maximum Gasteiger partial charge on any atom is 0.141 e. The van der Waals surface area contributed by atoms with Crippen molar-refractivity contribution in [3.05, 3.63) is 70.8 Å². The van der Waals surface area contributed by atoms with E-state index in [1.54, 1.807) is 6.92 Å². The van der Waals surface area contributed by atoms with Gasteiger partial charge in [0.1, 0.15) is 5.60 Å². The van der Waals surface area contributed by atoms with Crippen molar-refractivity contribution in [1.82, 2.24) is 0 Å². The number of benzene rings is 2. The minimum Gasteiger partial charge on any atom is -0.390 e. The van der Waals surface area contributed by atoms with Crippen molar-refractivity contribution in [3.8, 4) is 0 Å². The highest BCUT2D eigenvalue weighted by Crippen LogP contribution is 2.36. The Labute approximate surface area is 114 Å². The quantitative estimate of drug-likeness (QED) is 0.886. The maximum absolute atomic E-state index is 11.1. The van der Waals surface area contributed by atoms with Gasteiger partial charge in [-0.25, -0.2) is 0 Å². The van der Waals surface area contributed by atoms with Crippen LogP contribution in [0.1, 0.15) is 29.2 Å². The molecule has 1 atom stereocenters. The van der Waals surface area contributed by atoms with Gasteiger partial charge in [-0.3, -0.25) is 0 Å². The van der Waals surface area contributed by atoms with E-state index in [1.165, 1.54) is 0 Å². The molecule has 2 rings (SSSR count). The standard InChI is InChI=1S/C17H20O2/c1-12-8-4-6-10-15(12)17(19,14(3)18)16-11-7-5-9-13(16)2/h4-11,14,18-19H,1-3H3/t14-/m0/s1. The summed E-state index contributed by atoms with van der Waals surface area (Å²) in [6.45, 7) is 5.51. The van der Waals surface area contributed by atoms with Gasteiger partial charge >= 0.3 is 0 Å². The molecule has 100 valence electrons. The fourth-order valence-corrected chi connectivity index (χ4v) is 2.60. The van der Waals surface area contributed by atoms with Crippen molar-refractivity contribution < 1.29 is 10.2 Å². The van der Waals surface area contributed by atoms with Crippen LogP contribution in [0.25, 0.3) is 0 Å². The molecule has 0 aliphatic heterocycles. The Morgan fingerprint density at radius 1 is 0.842 bits per heavy atom. The van der Waals surface area contributed by atoms with Gasteiger partial charge in [0.2, 0.25) is 0 Å². The third-order valence-corrected chi connectivity index (χ3v) is 3.72. The van der Waals surface area contributed by atoms with Crippen LogP contribution in [-0.2, 0) is 5.60 Å². The van der Waals surface area contributed by atoms with E-state index in [0.29, 0.717) is 0 Å². The first-order valence-corrected chi connectivity index (χ1v) is 6.50. The average Bonchev–Trinajstić information content (AvgIpc) is 2.38. The molecule has 0 unspecified atom stereocenters. The molecule has 0 heterocycles. The molecule has 2 aromatic carbocycles. The summed E-state index contributed by atoms with van der Waals surface area (Å²) >= 11 is 0. The Bertz CT molecular complexity index is 527. The number of rotatable bonds is 3. The van der Waals surface area contributed by atoms with Gasteiger partial charge in [0.15, 0.2) is 0 Å². The van der Waals surface area contributed by atoms with Crippen LogP contribution in [-0.4, -0.2) is 16.3 Å². The zero-order chi connectivity index (χ0) is 14.0. The molecule has 0 spiro atoms. The number of aliphatic hydroxyl groups is 2. The van der Waals surface area contributed by atoms with E-state index >= 15 is 0 Å². The van der Waals surface area contributed by atoms with Crippen molar-refractivity contribution in [1.29, 1.82) is 0 Å². The van der Waals surface area contributed by atoms with Crippen molar-refractivity contribution >= 4 is 0 Å². The van der Waals surface area contributed by atoms with Crippen molar-refractivity contribution in [2.24, 2.45) is 0 Å². The van der Waals surface area contributed by atoms with E-state index in [0.717, 1.165) is 22.3 Å². The van der Waals surface area contributed by atoms with Gasteiger partial charge in [0.05, 0.1) is 6.10 Å². The van der Waals surface area contributed by atoms with E-state index in [-0.39, 0.29) is 0 Å². The predicted molar refractivity (Wildman–Crippen MR) is 77.0 cm³/mol. The Hall–Kier alpha value is -1.64. The van der Waals surface area contributed by atoms with Gasteiger partial charge in [0.25, 0.3) is 0 Å². The lowest BCUT2D eigenvalue weighted by atomic mass is 9.78. The number of aliphatic hydroxyl groups excluding tert-OH is 1. The molecule has 0 amide bonds. The normalized spacial score (nSPS) is 13.3. The molecule has 0 radical (unpaired) electrons. The Morgan fingerprint density at radius 2 is 1.21 bits per heavy atom. The van der Waals surface area contributed by atoms with Crippen molar-refractivity contribution in [2.45, 2.75) is 32.5 Å². The topological polar surface area (TPSA) is 40.5 Å². The molecule has 2 N–H and O–H groups in total. The van der Waals surface area contributed by atoms with E-state index in [1.807, 2.05) is 62.4 Å². The van der Waals surface area contributed by atoms with Crippen LogP contribution in [0, 0.1) is 13.8 Å². The van der Waals surface area contributed by atoms with Gasteiger partial charge in [0, 0.05) is 0 Å². The Morgan fingerprint density at radius 3 is 1.53 bits per heavy atom. The SMILES string of the molecule is Cc1ccccc1C(O)(c1ccccc1C)[C@H](C)O. The summed E-state index contributed by atoms with van der Waals surface area (Å²) in [7, 11) is 0. The fraction of sp³-hybridized carbons (Fsp3) is 0.294. The van der Waals surface area contributed by atoms with Gasteiger partial charge in [-0.15, -0.1) is 0 Å². The Kier molecular flexibility index (Phi) is 3.74. The van der Waals surface area contributed by atoms with E-state index in [4.69, 9.17) is 0 Å². The largest absolute Gasteiger partial charge is 0.390 e. The molecule has 2 heteroatoms. The second-order valence-corrected chi connectivity index (χ2v) is 5.07. The third-order valence-electron chi connectivity index (χ3n) is 3.72. The molecular formula is C17H20O2. The van der Waals surface area contributed by atoms with Crippen LogP contribution in [0.3, 0.4) is 0 Å². The molecule has 0 aliphatic carbocycles. The summed E-state index contributed by atoms with van der Waals surface area (Å²) in [5.41, 5.74) is 2.05. The Balaban J connectivity index is 2.70. The van der Waals surface area contributed by atoms with Gasteiger partial charge in [-0.05, 0) is 43.0 Å². The monoisotopic (exact) mass is 256 g/mol. The lowest BCUT2D eigenvalue weighted by molar-refractivity contribution is -0.0402. The third kappa shape index (κ3) is 2.29. The first-order valence-electron chi connectivity index (χ1n) is 6.50. The summed E-state index contributed by atoms with van der Waals surface area (Å²) < 4.78 is 0. The summed E-state index contributed by atoms with van der Waals surface area (Å²) in [4.78, 5) is 0. The van der Waals surface area contributed by atoms with Gasteiger partial charge < -0.3 is 10.2 Å². The van der Waals surface area contributed by atoms with E-state index < -0.39 is 11.7 Å². The smallest absolute Gasteiger partial charge is 0.141 e. The molecule has 0 saturated carbocycles. The van der Waals surface area contributed by atoms with Crippen molar-refractivity contribution in [3.63, 3.8) is 0 Å². The zero-order valence-electron chi connectivity index (χ0n) is 11.6. The average molecular weight is 256 g/mol. The lowest BCUT2D eigenvalue weighted by Crippen LogP contribution is -2.40. The molecule has 0 bridgehead atoms. The highest BCUT2D eigenvalue weighted by Gasteiger charge is 2.38. The van der Waals surface area contributed by atoms with Gasteiger partial charge in [-0.2, -0.15) is 0 Å². The number of aryl methyl sites for hydroxylation is 2. The molecule has 0 aliphatic rings. The van der Waals surface area contributed by atoms with Gasteiger partial charge in [-0.1, -0.05) is 48.5 Å². The molecule has 2 nitrogen and oxygen atoms in total. The minimum absolute atomic E-state index is 0.749. The number of hydrogen-bond acceptors (Lipinski definition) is 2. The van der Waals surface area contributed by atoms with Crippen molar-refractivity contribution in [2.75, 3.05) is 0 Å². The molecule has 0 saturated heterocycles. The molecule has 0 fully saturated rings. The summed E-state index contributed by atoms with van der Waals surface area (Å²) in [6.07, 6.45) is -0.894. The lowest BCUT2D eigenvalue weighted by Gasteiger charge is -2.34. The first kappa shape index (κ1) is 13.8. The van der Waals surface area contributed by atoms with Crippen LogP contribution < -0.4 is 0 Å². The highest BCUT2D eigenvalue weighted by molar-refractivity contribution is 5.44. The van der Waals surface area contributed by atoms with Crippen LogP contribution >= 0.6 is 0 Å². The van der Waals surface area contributed by atoms with Crippen LogP contribution in [0.15, 0.2) is 48.5 Å². The van der Waals surface area contributed by atoms with E-state index in [2.05, 4.69) is 0 Å². The van der Waals surface area contributed by atoms with Crippen LogP contribution in [0.4, 0.5) is 0 Å². The van der Waals surface area contributed by atoms with E-state index in [9.17, 15) is 10.2 Å². The minimum atomic E-state index is -1.38. The van der Waals surface area contributed by atoms with Crippen LogP contribution in [0.5, 0.6) is 0 Å². The second kappa shape index (κ2) is 5.16. The first-order chi connectivity index (χ1) is 8.98. The highest BCUT2D eigenvalue weighted by atomic mass is 16.3. The number of hydrogen-bond donors (Lipinski definition) is 2. The summed E-state index contributed by atoms with van der Waals surface area (Å²) in [6, 6.07) is 15.3. The molecule has 19 heavy (non-hydrogen) atoms. The second-order valence-electron chi connectivity index (χ2n) is 5.07. The molecular weight excluding hydrogens is 236 g/mol. The van der Waals surface area contributed by atoms with Crippen LogP contribution in [0.2, 0.25) is 0 Å². The predicted octanol–water partition coefficient (Wildman–Crippen LogP) is 2.92.